The Labute approximate surface area is 285 Å². The van der Waals surface area contributed by atoms with Crippen LogP contribution in [0.3, 0.4) is 0 Å². The lowest BCUT2D eigenvalue weighted by Gasteiger charge is -2.14. The first-order valence-corrected chi connectivity index (χ1v) is 17.3. The summed E-state index contributed by atoms with van der Waals surface area (Å²) in [7, 11) is 0. The van der Waals surface area contributed by atoms with E-state index in [2.05, 4.69) is 126 Å². The predicted molar refractivity (Wildman–Crippen MR) is 205 cm³/mol. The fourth-order valence-electron chi connectivity index (χ4n) is 6.82. The van der Waals surface area contributed by atoms with Gasteiger partial charge in [0.15, 0.2) is 5.69 Å². The van der Waals surface area contributed by atoms with E-state index >= 15 is 0 Å². The molecule has 0 amide bonds. The quantitative estimate of drug-likeness (QED) is 0.175. The van der Waals surface area contributed by atoms with Crippen LogP contribution in [0.2, 0.25) is 0 Å². The van der Waals surface area contributed by atoms with Gasteiger partial charge in [0.05, 0.1) is 12.6 Å². The summed E-state index contributed by atoms with van der Waals surface area (Å²) in [6, 6.07) is 53.6. The highest BCUT2D eigenvalue weighted by Crippen LogP contribution is 2.42. The molecule has 9 rings (SSSR count). The number of benzene rings is 7. The summed E-state index contributed by atoms with van der Waals surface area (Å²) in [5.74, 6) is 0. The molecule has 9 aromatic rings. The van der Waals surface area contributed by atoms with E-state index < -0.39 is 0 Å². The van der Waals surface area contributed by atoms with Gasteiger partial charge in [0.1, 0.15) is 0 Å². The Morgan fingerprint density at radius 3 is 1.48 bits per heavy atom. The summed E-state index contributed by atoms with van der Waals surface area (Å²) >= 11 is 3.66. The fraction of sp³-hybridized carbons (Fsp3) is 0. The topological polar surface area (TPSA) is 28.1 Å². The van der Waals surface area contributed by atoms with Gasteiger partial charge >= 0.3 is 0 Å². The standard InChI is InChI=1S/C44H24N2S2/c1-46-39-13-7-10-31(26-45)44(39)30-9-6-8-27(20-30)32-21-33(28-16-18-42-37(24-28)35-11-2-4-14-40(35)47-42)23-34(22-32)29-17-19-43-38(25-29)36-12-3-5-15-41(36)48-43/h2-25H. The van der Waals surface area contributed by atoms with E-state index in [0.717, 1.165) is 38.9 Å². The van der Waals surface area contributed by atoms with Crippen molar-refractivity contribution in [3.05, 3.63) is 163 Å². The van der Waals surface area contributed by atoms with Gasteiger partial charge < -0.3 is 0 Å². The number of rotatable bonds is 4. The molecule has 0 aliphatic rings. The Balaban J connectivity index is 1.26. The highest BCUT2D eigenvalue weighted by atomic mass is 32.1. The zero-order chi connectivity index (χ0) is 32.2. The van der Waals surface area contributed by atoms with Crippen LogP contribution in [0.1, 0.15) is 5.56 Å². The molecule has 0 fully saturated rings. The maximum absolute atomic E-state index is 9.91. The maximum atomic E-state index is 9.91. The molecule has 0 bridgehead atoms. The summed E-state index contributed by atoms with van der Waals surface area (Å²) in [6.07, 6.45) is 0. The van der Waals surface area contributed by atoms with E-state index in [1.54, 1.807) is 18.2 Å². The fourth-order valence-corrected chi connectivity index (χ4v) is 9.00. The third-order valence-corrected chi connectivity index (χ3v) is 11.4. The molecule has 222 valence electrons. The summed E-state index contributed by atoms with van der Waals surface area (Å²) in [4.78, 5) is 3.75. The van der Waals surface area contributed by atoms with Crippen LogP contribution in [0.25, 0.3) is 89.7 Å². The van der Waals surface area contributed by atoms with E-state index in [-0.39, 0.29) is 0 Å². The highest BCUT2D eigenvalue weighted by molar-refractivity contribution is 7.26. The molecule has 4 heteroatoms. The third-order valence-electron chi connectivity index (χ3n) is 9.12. The molecule has 0 unspecified atom stereocenters. The highest BCUT2D eigenvalue weighted by Gasteiger charge is 2.15. The zero-order valence-electron chi connectivity index (χ0n) is 25.6. The molecule has 0 saturated heterocycles. The lowest BCUT2D eigenvalue weighted by molar-refractivity contribution is 1.48. The number of fused-ring (bicyclic) bond motifs is 6. The van der Waals surface area contributed by atoms with Crippen LogP contribution in [-0.4, -0.2) is 0 Å². The Morgan fingerprint density at radius 1 is 0.438 bits per heavy atom. The molecular weight excluding hydrogens is 621 g/mol. The molecule has 2 nitrogen and oxygen atoms in total. The minimum atomic E-state index is 0.480. The first kappa shape index (κ1) is 28.2. The second kappa shape index (κ2) is 11.3. The van der Waals surface area contributed by atoms with E-state index in [9.17, 15) is 5.26 Å². The van der Waals surface area contributed by atoms with Gasteiger partial charge in [-0.3, -0.25) is 0 Å². The first-order valence-electron chi connectivity index (χ1n) is 15.7. The smallest absolute Gasteiger partial charge is 0.196 e. The minimum Gasteiger partial charge on any atom is -0.237 e. The molecule has 0 aliphatic heterocycles. The van der Waals surface area contributed by atoms with Crippen molar-refractivity contribution in [3.8, 4) is 50.6 Å². The normalized spacial score (nSPS) is 11.3. The lowest BCUT2D eigenvalue weighted by atomic mass is 9.90. The van der Waals surface area contributed by atoms with E-state index in [1.165, 1.54) is 40.3 Å². The molecule has 0 radical (unpaired) electrons. The molecule has 2 heterocycles. The zero-order valence-corrected chi connectivity index (χ0v) is 27.2. The van der Waals surface area contributed by atoms with Gasteiger partial charge in [0, 0.05) is 51.5 Å². The van der Waals surface area contributed by atoms with Gasteiger partial charge in [0.2, 0.25) is 0 Å². The predicted octanol–water partition coefficient (Wildman–Crippen LogP) is 13.5. The van der Waals surface area contributed by atoms with Gasteiger partial charge in [-0.25, -0.2) is 4.85 Å². The maximum Gasteiger partial charge on any atom is 0.196 e. The number of hydrogen-bond acceptors (Lipinski definition) is 3. The van der Waals surface area contributed by atoms with Gasteiger partial charge in [-0.1, -0.05) is 78.9 Å². The Bertz CT molecular complexity index is 2660. The van der Waals surface area contributed by atoms with Gasteiger partial charge in [-0.15, -0.1) is 22.7 Å². The van der Waals surface area contributed by atoms with Crippen LogP contribution in [0.5, 0.6) is 0 Å². The molecular formula is C44H24N2S2. The lowest BCUT2D eigenvalue weighted by Crippen LogP contribution is -1.89. The van der Waals surface area contributed by atoms with Gasteiger partial charge in [-0.2, -0.15) is 5.26 Å². The minimum absolute atomic E-state index is 0.480. The summed E-state index contributed by atoms with van der Waals surface area (Å²) in [5, 5.41) is 15.0. The van der Waals surface area contributed by atoms with Crippen molar-refractivity contribution >= 4 is 68.7 Å². The van der Waals surface area contributed by atoms with Crippen molar-refractivity contribution < 1.29 is 0 Å². The number of hydrogen-bond donors (Lipinski definition) is 0. The Morgan fingerprint density at radius 2 is 0.917 bits per heavy atom. The largest absolute Gasteiger partial charge is 0.237 e. The molecule has 0 atom stereocenters. The van der Waals surface area contributed by atoms with Crippen molar-refractivity contribution in [3.63, 3.8) is 0 Å². The van der Waals surface area contributed by atoms with Crippen molar-refractivity contribution in [2.45, 2.75) is 0 Å². The second-order valence-corrected chi connectivity index (χ2v) is 14.1. The first-order chi connectivity index (χ1) is 23.7. The molecule has 7 aromatic carbocycles. The molecule has 48 heavy (non-hydrogen) atoms. The Hall–Kier alpha value is -6.04. The van der Waals surface area contributed by atoms with Crippen LogP contribution in [0, 0.1) is 17.9 Å². The van der Waals surface area contributed by atoms with E-state index in [0.29, 0.717) is 16.8 Å². The van der Waals surface area contributed by atoms with Crippen molar-refractivity contribution in [2.75, 3.05) is 0 Å². The van der Waals surface area contributed by atoms with E-state index in [4.69, 9.17) is 6.57 Å². The second-order valence-electron chi connectivity index (χ2n) is 11.9. The van der Waals surface area contributed by atoms with Crippen LogP contribution < -0.4 is 0 Å². The number of nitriles is 1. The third kappa shape index (κ3) is 4.67. The van der Waals surface area contributed by atoms with Crippen molar-refractivity contribution in [1.29, 1.82) is 5.26 Å². The van der Waals surface area contributed by atoms with Gasteiger partial charge in [-0.05, 0) is 106 Å². The molecule has 0 N–H and O–H groups in total. The molecule has 0 aliphatic carbocycles. The average Bonchev–Trinajstić information content (AvgIpc) is 3.72. The SMILES string of the molecule is [C-]#[N+]c1cccc(C#N)c1-c1cccc(-c2cc(-c3ccc4sc5ccccc5c4c3)cc(-c3ccc4sc5ccccc5c4c3)c2)c1. The van der Waals surface area contributed by atoms with Crippen LogP contribution in [-0.2, 0) is 0 Å². The van der Waals surface area contributed by atoms with E-state index in [1.807, 2.05) is 34.8 Å². The molecule has 0 saturated carbocycles. The summed E-state index contributed by atoms with van der Waals surface area (Å²) in [6.45, 7) is 7.78. The number of thiophene rings is 2. The summed E-state index contributed by atoms with van der Waals surface area (Å²) < 4.78 is 5.16. The molecule has 0 spiro atoms. The van der Waals surface area contributed by atoms with Crippen LogP contribution >= 0.6 is 22.7 Å². The van der Waals surface area contributed by atoms with Crippen LogP contribution in [0.4, 0.5) is 5.69 Å². The average molecular weight is 645 g/mol. The van der Waals surface area contributed by atoms with Gasteiger partial charge in [0.25, 0.3) is 0 Å². The molecule has 2 aromatic heterocycles. The van der Waals surface area contributed by atoms with Crippen molar-refractivity contribution in [2.24, 2.45) is 0 Å². The van der Waals surface area contributed by atoms with Crippen LogP contribution in [0.15, 0.2) is 146 Å². The monoisotopic (exact) mass is 644 g/mol. The Kier molecular flexibility index (Phi) is 6.66. The number of nitrogens with zero attached hydrogens (tertiary/aromatic N) is 2. The van der Waals surface area contributed by atoms with Crippen molar-refractivity contribution in [1.82, 2.24) is 0 Å². The summed E-state index contributed by atoms with van der Waals surface area (Å²) in [5.41, 5.74) is 9.24.